The van der Waals surface area contributed by atoms with Gasteiger partial charge in [-0.3, -0.25) is 0 Å². The second-order valence-electron chi connectivity index (χ2n) is 2.75. The molecular formula is C9H8Cl2O2P+. The number of hydrogen-bond acceptors (Lipinski definition) is 2. The standard InChI is InChI=1S/C9H7Cl2O2P/c10-7-2-1-6(5-8(7)11)9(14-13)3-4-12/h1-2,4-5,9H,3H2/p+1. The topological polar surface area (TPSA) is 34.1 Å². The van der Waals surface area contributed by atoms with Gasteiger partial charge in [0.2, 0.25) is 0 Å². The van der Waals surface area contributed by atoms with E-state index in [1.54, 1.807) is 18.2 Å². The number of carbonyl (C=O) groups is 1. The Hall–Kier alpha value is -0.430. The molecule has 1 rings (SSSR count). The molecule has 0 aromatic heterocycles. The van der Waals surface area contributed by atoms with Gasteiger partial charge in [0.15, 0.2) is 5.66 Å². The molecule has 1 aromatic rings. The van der Waals surface area contributed by atoms with Crippen molar-refractivity contribution in [1.82, 2.24) is 0 Å². The van der Waals surface area contributed by atoms with Gasteiger partial charge in [0.25, 0.3) is 0 Å². The summed E-state index contributed by atoms with van der Waals surface area (Å²) in [6, 6.07) is 5.01. The fraction of sp³-hybridized carbons (Fsp3) is 0.222. The Morgan fingerprint density at radius 3 is 2.57 bits per heavy atom. The fourth-order valence-corrected chi connectivity index (χ4v) is 1.89. The van der Waals surface area contributed by atoms with Crippen LogP contribution in [0.3, 0.4) is 0 Å². The van der Waals surface area contributed by atoms with E-state index in [4.69, 9.17) is 23.2 Å². The van der Waals surface area contributed by atoms with Crippen LogP contribution < -0.4 is 0 Å². The number of carbonyl (C=O) groups excluding carboxylic acids is 1. The van der Waals surface area contributed by atoms with Crippen molar-refractivity contribution in [2.24, 2.45) is 0 Å². The molecule has 1 aromatic carbocycles. The third-order valence-corrected chi connectivity index (χ3v) is 3.41. The maximum absolute atomic E-state index is 10.8. The second kappa shape index (κ2) is 5.45. The summed E-state index contributed by atoms with van der Waals surface area (Å²) in [6.07, 6.45) is 0.984. The monoisotopic (exact) mass is 249 g/mol. The summed E-state index contributed by atoms with van der Waals surface area (Å²) < 4.78 is 10.8. The van der Waals surface area contributed by atoms with E-state index in [1.807, 2.05) is 0 Å². The van der Waals surface area contributed by atoms with Crippen LogP contribution in [-0.4, -0.2) is 6.29 Å². The van der Waals surface area contributed by atoms with E-state index in [2.05, 4.69) is 0 Å². The number of aldehydes is 1. The highest BCUT2D eigenvalue weighted by Gasteiger charge is 2.18. The molecule has 0 N–H and O–H groups in total. The molecule has 0 aliphatic heterocycles. The molecule has 0 radical (unpaired) electrons. The summed E-state index contributed by atoms with van der Waals surface area (Å²) in [4.78, 5) is 10.3. The third-order valence-electron chi connectivity index (χ3n) is 1.82. The highest BCUT2D eigenvalue weighted by Crippen LogP contribution is 2.33. The zero-order chi connectivity index (χ0) is 10.6. The van der Waals surface area contributed by atoms with Crippen LogP contribution in [0.4, 0.5) is 0 Å². The molecule has 74 valence electrons. The molecule has 0 saturated carbocycles. The van der Waals surface area contributed by atoms with Gasteiger partial charge in [0, 0.05) is 5.56 Å². The van der Waals surface area contributed by atoms with Gasteiger partial charge in [-0.15, -0.1) is 0 Å². The third kappa shape index (κ3) is 2.78. The van der Waals surface area contributed by atoms with Crippen molar-refractivity contribution in [3.05, 3.63) is 33.8 Å². The van der Waals surface area contributed by atoms with Crippen molar-refractivity contribution in [3.8, 4) is 0 Å². The van der Waals surface area contributed by atoms with E-state index < -0.39 is 8.46 Å². The van der Waals surface area contributed by atoms with Crippen molar-refractivity contribution in [3.63, 3.8) is 0 Å². The normalized spacial score (nSPS) is 12.7. The zero-order valence-electron chi connectivity index (χ0n) is 7.17. The first-order valence-electron chi connectivity index (χ1n) is 3.95. The average Bonchev–Trinajstić information content (AvgIpc) is 2.19. The lowest BCUT2D eigenvalue weighted by Gasteiger charge is -2.02. The molecule has 0 bridgehead atoms. The lowest BCUT2D eigenvalue weighted by Crippen LogP contribution is -1.91. The van der Waals surface area contributed by atoms with Crippen LogP contribution in [0.2, 0.25) is 10.0 Å². The first-order valence-corrected chi connectivity index (χ1v) is 5.69. The minimum Gasteiger partial charge on any atom is -0.303 e. The van der Waals surface area contributed by atoms with E-state index in [9.17, 15) is 9.36 Å². The van der Waals surface area contributed by atoms with E-state index in [0.717, 1.165) is 11.8 Å². The van der Waals surface area contributed by atoms with Crippen LogP contribution in [-0.2, 0) is 9.36 Å². The molecule has 0 heterocycles. The molecule has 0 spiro atoms. The van der Waals surface area contributed by atoms with Crippen LogP contribution in [0.5, 0.6) is 0 Å². The smallest absolute Gasteiger partial charge is 0.303 e. The Labute approximate surface area is 93.4 Å². The summed E-state index contributed by atoms with van der Waals surface area (Å²) in [7, 11) is -0.557. The second-order valence-corrected chi connectivity index (χ2v) is 4.49. The van der Waals surface area contributed by atoms with Gasteiger partial charge in [0.1, 0.15) is 6.29 Å². The lowest BCUT2D eigenvalue weighted by molar-refractivity contribution is -0.107. The molecule has 2 atom stereocenters. The van der Waals surface area contributed by atoms with Gasteiger partial charge >= 0.3 is 8.46 Å². The maximum atomic E-state index is 10.8. The largest absolute Gasteiger partial charge is 0.333 e. The molecule has 0 saturated heterocycles. The molecule has 0 aliphatic rings. The summed E-state index contributed by atoms with van der Waals surface area (Å²) in [6.45, 7) is 0. The molecule has 0 fully saturated rings. The van der Waals surface area contributed by atoms with Crippen molar-refractivity contribution < 1.29 is 9.36 Å². The Morgan fingerprint density at radius 2 is 2.07 bits per heavy atom. The summed E-state index contributed by atoms with van der Waals surface area (Å²) in [5.74, 6) is 0. The maximum Gasteiger partial charge on any atom is 0.333 e. The molecule has 5 heteroatoms. The van der Waals surface area contributed by atoms with Gasteiger partial charge in [-0.1, -0.05) is 33.8 Å². The van der Waals surface area contributed by atoms with Crippen molar-refractivity contribution in [2.45, 2.75) is 12.1 Å². The first kappa shape index (κ1) is 11.6. The SMILES string of the molecule is O=CCC([PH+]=O)c1ccc(Cl)c(Cl)c1. The predicted octanol–water partition coefficient (Wildman–Crippen LogP) is 3.65. The van der Waals surface area contributed by atoms with Gasteiger partial charge in [-0.05, 0) is 12.1 Å². The van der Waals surface area contributed by atoms with E-state index in [0.29, 0.717) is 10.0 Å². The molecule has 0 aliphatic carbocycles. The summed E-state index contributed by atoms with van der Waals surface area (Å²) in [5.41, 5.74) is 0.502. The Morgan fingerprint density at radius 1 is 1.36 bits per heavy atom. The first-order chi connectivity index (χ1) is 6.69. The number of rotatable bonds is 4. The predicted molar refractivity (Wildman–Crippen MR) is 58.9 cm³/mol. The quantitative estimate of drug-likeness (QED) is 0.603. The molecule has 0 amide bonds. The highest BCUT2D eigenvalue weighted by atomic mass is 35.5. The van der Waals surface area contributed by atoms with Crippen molar-refractivity contribution in [1.29, 1.82) is 0 Å². The fourth-order valence-electron chi connectivity index (χ4n) is 1.08. The molecular weight excluding hydrogens is 242 g/mol. The number of halogens is 2. The Bertz CT molecular complexity index is 355. The average molecular weight is 250 g/mol. The minimum absolute atomic E-state index is 0.236. The summed E-state index contributed by atoms with van der Waals surface area (Å²) in [5, 5.41) is 0.868. The minimum atomic E-state index is -0.557. The van der Waals surface area contributed by atoms with Crippen LogP contribution in [0.25, 0.3) is 0 Å². The molecule has 2 nitrogen and oxygen atoms in total. The molecule has 14 heavy (non-hydrogen) atoms. The van der Waals surface area contributed by atoms with Crippen LogP contribution in [0.15, 0.2) is 18.2 Å². The van der Waals surface area contributed by atoms with E-state index in [-0.39, 0.29) is 12.1 Å². The Balaban J connectivity index is 2.98. The van der Waals surface area contributed by atoms with Gasteiger partial charge < -0.3 is 4.79 Å². The van der Waals surface area contributed by atoms with E-state index in [1.165, 1.54) is 0 Å². The molecule has 2 unspecified atom stereocenters. The van der Waals surface area contributed by atoms with Crippen LogP contribution >= 0.6 is 31.7 Å². The summed E-state index contributed by atoms with van der Waals surface area (Å²) >= 11 is 11.5. The number of hydrogen-bond donors (Lipinski definition) is 0. The Kier molecular flexibility index (Phi) is 4.53. The van der Waals surface area contributed by atoms with Gasteiger partial charge in [-0.2, -0.15) is 0 Å². The van der Waals surface area contributed by atoms with Crippen LogP contribution in [0.1, 0.15) is 17.6 Å². The zero-order valence-corrected chi connectivity index (χ0v) is 9.68. The number of benzene rings is 1. The van der Waals surface area contributed by atoms with Crippen molar-refractivity contribution in [2.75, 3.05) is 0 Å². The highest BCUT2D eigenvalue weighted by molar-refractivity contribution is 7.24. The van der Waals surface area contributed by atoms with Gasteiger partial charge in [0.05, 0.1) is 16.5 Å². The van der Waals surface area contributed by atoms with Gasteiger partial charge in [-0.25, -0.2) is 0 Å². The van der Waals surface area contributed by atoms with Crippen molar-refractivity contribution >= 4 is 37.9 Å². The van der Waals surface area contributed by atoms with E-state index >= 15 is 0 Å². The van der Waals surface area contributed by atoms with Crippen LogP contribution in [0, 0.1) is 0 Å². The lowest BCUT2D eigenvalue weighted by atomic mass is 10.1.